The first-order chi connectivity index (χ1) is 15.5. The summed E-state index contributed by atoms with van der Waals surface area (Å²) >= 11 is 0. The van der Waals surface area contributed by atoms with Gasteiger partial charge in [0.05, 0.1) is 39.8 Å². The van der Waals surface area contributed by atoms with Crippen LogP contribution in [-0.2, 0) is 33.8 Å². The van der Waals surface area contributed by atoms with E-state index in [0.29, 0.717) is 26.4 Å². The van der Waals surface area contributed by atoms with E-state index in [4.69, 9.17) is 18.9 Å². The molecule has 170 valence electrons. The van der Waals surface area contributed by atoms with E-state index >= 15 is 0 Å². The molecule has 0 N–H and O–H groups in total. The second kappa shape index (κ2) is 10.3. The minimum atomic E-state index is -0.700. The molecule has 1 saturated heterocycles. The molecule has 0 saturated carbocycles. The van der Waals surface area contributed by atoms with Gasteiger partial charge in [0.25, 0.3) is 0 Å². The zero-order chi connectivity index (χ0) is 22.4. The van der Waals surface area contributed by atoms with Crippen molar-refractivity contribution in [1.82, 2.24) is 9.55 Å². The second-order valence-electron chi connectivity index (χ2n) is 8.49. The van der Waals surface area contributed by atoms with E-state index in [9.17, 15) is 0 Å². The number of ether oxygens (including phenoxy) is 4. The molecule has 2 heterocycles. The molecule has 0 amide bonds. The van der Waals surface area contributed by atoms with Gasteiger partial charge in [-0.25, -0.2) is 4.98 Å². The van der Waals surface area contributed by atoms with Crippen LogP contribution >= 0.6 is 0 Å². The van der Waals surface area contributed by atoms with Crippen LogP contribution in [-0.4, -0.2) is 41.8 Å². The highest BCUT2D eigenvalue weighted by atomic mass is 16.8. The Morgan fingerprint density at radius 2 is 2.00 bits per heavy atom. The Balaban J connectivity index is 1.36. The first kappa shape index (κ1) is 22.5. The molecular weight excluding hydrogens is 404 g/mol. The maximum absolute atomic E-state index is 6.46. The predicted molar refractivity (Wildman–Crippen MR) is 123 cm³/mol. The van der Waals surface area contributed by atoms with E-state index in [-0.39, 0.29) is 6.10 Å². The van der Waals surface area contributed by atoms with Gasteiger partial charge in [-0.3, -0.25) is 0 Å². The lowest BCUT2D eigenvalue weighted by atomic mass is 10.0. The molecule has 0 bridgehead atoms. The molecule has 2 atom stereocenters. The lowest BCUT2D eigenvalue weighted by Gasteiger charge is -2.28. The van der Waals surface area contributed by atoms with Crippen LogP contribution in [0.1, 0.15) is 28.7 Å². The van der Waals surface area contributed by atoms with Gasteiger partial charge < -0.3 is 23.5 Å². The molecule has 1 aromatic heterocycles. The van der Waals surface area contributed by atoms with Crippen molar-refractivity contribution in [2.75, 3.05) is 20.3 Å². The van der Waals surface area contributed by atoms with Gasteiger partial charge in [0.1, 0.15) is 11.9 Å². The molecule has 4 rings (SSSR count). The van der Waals surface area contributed by atoms with Crippen molar-refractivity contribution in [3.8, 4) is 5.75 Å². The van der Waals surface area contributed by atoms with Gasteiger partial charge >= 0.3 is 0 Å². The van der Waals surface area contributed by atoms with Crippen molar-refractivity contribution in [1.29, 1.82) is 0 Å². The summed E-state index contributed by atoms with van der Waals surface area (Å²) < 4.78 is 26.0. The highest BCUT2D eigenvalue weighted by Gasteiger charge is 2.41. The second-order valence-corrected chi connectivity index (χ2v) is 8.49. The summed E-state index contributed by atoms with van der Waals surface area (Å²) in [5, 5.41) is 0. The zero-order valence-corrected chi connectivity index (χ0v) is 19.1. The molecule has 1 fully saturated rings. The predicted octanol–water partition coefficient (Wildman–Crippen LogP) is 4.47. The monoisotopic (exact) mass is 436 g/mol. The fourth-order valence-corrected chi connectivity index (χ4v) is 4.03. The Hall–Kier alpha value is -2.67. The smallest absolute Gasteiger partial charge is 0.187 e. The van der Waals surface area contributed by atoms with Crippen molar-refractivity contribution in [3.05, 3.63) is 83.4 Å². The van der Waals surface area contributed by atoms with Crippen molar-refractivity contribution in [2.24, 2.45) is 0 Å². The normalized spacial score (nSPS) is 20.5. The lowest BCUT2D eigenvalue weighted by molar-refractivity contribution is -0.187. The Morgan fingerprint density at radius 3 is 2.75 bits per heavy atom. The van der Waals surface area contributed by atoms with Crippen LogP contribution in [0.5, 0.6) is 5.75 Å². The van der Waals surface area contributed by atoms with Crippen LogP contribution in [0.25, 0.3) is 0 Å². The number of benzene rings is 2. The van der Waals surface area contributed by atoms with Crippen LogP contribution in [0.2, 0.25) is 0 Å². The molecule has 0 aliphatic carbocycles. The van der Waals surface area contributed by atoms with E-state index in [1.54, 1.807) is 19.6 Å². The molecule has 2 unspecified atom stereocenters. The van der Waals surface area contributed by atoms with Gasteiger partial charge in [-0.05, 0) is 49.1 Å². The number of hydrogen-bond acceptors (Lipinski definition) is 5. The molecular formula is C26H32N2O4. The van der Waals surface area contributed by atoms with Crippen molar-refractivity contribution in [3.63, 3.8) is 0 Å². The SMILES string of the molecule is COc1ccc(CCC2(Cn3ccnc3)OCC(COCc3cc(C)ccc3C)O2)cc1. The van der Waals surface area contributed by atoms with Crippen molar-refractivity contribution in [2.45, 2.75) is 51.7 Å². The maximum atomic E-state index is 6.46. The van der Waals surface area contributed by atoms with E-state index in [1.165, 1.54) is 22.3 Å². The topological polar surface area (TPSA) is 54.7 Å². The number of rotatable bonds is 10. The van der Waals surface area contributed by atoms with E-state index in [0.717, 1.165) is 18.6 Å². The number of nitrogens with zero attached hydrogens (tertiary/aromatic N) is 2. The third kappa shape index (κ3) is 5.76. The minimum absolute atomic E-state index is 0.0977. The Morgan fingerprint density at radius 1 is 1.16 bits per heavy atom. The van der Waals surface area contributed by atoms with E-state index in [1.807, 2.05) is 22.9 Å². The third-order valence-corrected chi connectivity index (χ3v) is 5.92. The fourth-order valence-electron chi connectivity index (χ4n) is 4.03. The maximum Gasteiger partial charge on any atom is 0.187 e. The quantitative estimate of drug-likeness (QED) is 0.469. The van der Waals surface area contributed by atoms with E-state index < -0.39 is 5.79 Å². The van der Waals surface area contributed by atoms with Crippen LogP contribution in [0, 0.1) is 13.8 Å². The summed E-state index contributed by atoms with van der Waals surface area (Å²) in [6, 6.07) is 14.6. The fraction of sp³-hybridized carbons (Fsp3) is 0.423. The lowest BCUT2D eigenvalue weighted by Crippen LogP contribution is -2.37. The molecule has 1 aliphatic rings. The van der Waals surface area contributed by atoms with Crippen LogP contribution in [0.4, 0.5) is 0 Å². The first-order valence-electron chi connectivity index (χ1n) is 11.1. The summed E-state index contributed by atoms with van der Waals surface area (Å²) in [6.07, 6.45) is 6.99. The van der Waals surface area contributed by atoms with Crippen LogP contribution in [0.3, 0.4) is 0 Å². The highest BCUT2D eigenvalue weighted by Crippen LogP contribution is 2.31. The van der Waals surface area contributed by atoms with Gasteiger partial charge in [-0.1, -0.05) is 35.9 Å². The summed E-state index contributed by atoms with van der Waals surface area (Å²) in [6.45, 7) is 6.41. The van der Waals surface area contributed by atoms with Crippen LogP contribution < -0.4 is 4.74 Å². The van der Waals surface area contributed by atoms with E-state index in [2.05, 4.69) is 49.2 Å². The molecule has 1 aliphatic heterocycles. The van der Waals surface area contributed by atoms with Crippen molar-refractivity contribution < 1.29 is 18.9 Å². The Labute approximate surface area is 190 Å². The molecule has 6 heteroatoms. The standard InChI is InChI=1S/C26H32N2O4/c1-20-4-5-21(2)23(14-20)15-30-16-25-17-31-26(32-25,18-28-13-12-27-19-28)11-10-22-6-8-24(29-3)9-7-22/h4-9,12-14,19,25H,10-11,15-18H2,1-3H3. The summed E-state index contributed by atoms with van der Waals surface area (Å²) in [5.74, 6) is 0.157. The summed E-state index contributed by atoms with van der Waals surface area (Å²) in [4.78, 5) is 4.16. The summed E-state index contributed by atoms with van der Waals surface area (Å²) in [5.41, 5.74) is 4.92. The first-order valence-corrected chi connectivity index (χ1v) is 11.1. The number of hydrogen-bond donors (Lipinski definition) is 0. The number of aryl methyl sites for hydroxylation is 3. The number of aromatic nitrogens is 2. The minimum Gasteiger partial charge on any atom is -0.497 e. The molecule has 0 spiro atoms. The van der Waals surface area contributed by atoms with Crippen LogP contribution in [0.15, 0.2) is 61.2 Å². The largest absolute Gasteiger partial charge is 0.497 e. The Kier molecular flexibility index (Phi) is 7.25. The van der Waals surface area contributed by atoms with Gasteiger partial charge in [0.2, 0.25) is 0 Å². The summed E-state index contributed by atoms with van der Waals surface area (Å²) in [7, 11) is 1.68. The van der Waals surface area contributed by atoms with Gasteiger partial charge in [0, 0.05) is 18.8 Å². The number of methoxy groups -OCH3 is 1. The zero-order valence-electron chi connectivity index (χ0n) is 19.1. The van der Waals surface area contributed by atoms with Crippen molar-refractivity contribution >= 4 is 0 Å². The van der Waals surface area contributed by atoms with Gasteiger partial charge in [0.15, 0.2) is 5.79 Å². The third-order valence-electron chi connectivity index (χ3n) is 5.92. The molecule has 3 aromatic rings. The average molecular weight is 437 g/mol. The Bertz CT molecular complexity index is 988. The molecule has 32 heavy (non-hydrogen) atoms. The highest BCUT2D eigenvalue weighted by molar-refractivity contribution is 5.30. The molecule has 6 nitrogen and oxygen atoms in total. The molecule has 0 radical (unpaired) electrons. The average Bonchev–Trinajstić information content (AvgIpc) is 3.46. The van der Waals surface area contributed by atoms with Gasteiger partial charge in [-0.2, -0.15) is 0 Å². The van der Waals surface area contributed by atoms with Gasteiger partial charge in [-0.15, -0.1) is 0 Å². The molecule has 2 aromatic carbocycles. The number of imidazole rings is 1.